The van der Waals surface area contributed by atoms with E-state index in [9.17, 15) is 31.9 Å². The fourth-order valence-corrected chi connectivity index (χ4v) is 5.48. The van der Waals surface area contributed by atoms with Crippen molar-refractivity contribution in [3.63, 3.8) is 0 Å². The lowest BCUT2D eigenvalue weighted by atomic mass is 9.76. The van der Waals surface area contributed by atoms with Crippen molar-refractivity contribution in [2.24, 2.45) is 11.8 Å². The zero-order valence-electron chi connectivity index (χ0n) is 22.4. The van der Waals surface area contributed by atoms with Gasteiger partial charge in [0.1, 0.15) is 11.4 Å². The van der Waals surface area contributed by atoms with Gasteiger partial charge in [0.25, 0.3) is 0 Å². The van der Waals surface area contributed by atoms with Gasteiger partial charge in [0, 0.05) is 19.5 Å². The van der Waals surface area contributed by atoms with E-state index < -0.39 is 41.5 Å². The number of esters is 1. The number of halogens is 4. The van der Waals surface area contributed by atoms with Crippen LogP contribution in [0.5, 0.6) is 0 Å². The lowest BCUT2D eigenvalue weighted by molar-refractivity contribution is -0.192. The standard InChI is InChI=1S/C28H25FN2O4.C2HF3O2/c1-31-25(32)22-23(26(31)33)28(27(34)35-2,16-17-6-4-3-5-7-17)30-24(22)20-10-8-18(9-11-20)19-12-14-21(29)15-13-19;3-2(4,5)1(6)7/h3-15,22-24,30H,16H2,1-2H3;(H,6,7)/t22-,23-,24-,28-;/m1./s1. The number of fused-ring (bicyclic) bond motifs is 1. The Kier molecular flexibility index (Phi) is 8.48. The predicted molar refractivity (Wildman–Crippen MR) is 141 cm³/mol. The summed E-state index contributed by atoms with van der Waals surface area (Å²) in [5.74, 6) is -5.98. The van der Waals surface area contributed by atoms with Crippen LogP contribution < -0.4 is 5.32 Å². The second-order valence-electron chi connectivity index (χ2n) is 9.92. The van der Waals surface area contributed by atoms with E-state index in [1.807, 2.05) is 54.6 Å². The normalized spacial score (nSPS) is 23.2. The highest BCUT2D eigenvalue weighted by atomic mass is 19.4. The molecule has 0 unspecified atom stereocenters. The molecule has 0 bridgehead atoms. The summed E-state index contributed by atoms with van der Waals surface area (Å²) in [7, 11) is 2.75. The number of alkyl halides is 3. The Hall–Kier alpha value is -4.58. The number of nitrogens with one attached hydrogen (secondary N) is 1. The Bertz CT molecular complexity index is 1480. The van der Waals surface area contributed by atoms with Crippen LogP contribution in [-0.2, 0) is 30.3 Å². The van der Waals surface area contributed by atoms with Gasteiger partial charge in [-0.2, -0.15) is 13.2 Å². The third-order valence-corrected chi connectivity index (χ3v) is 7.44. The second-order valence-corrected chi connectivity index (χ2v) is 9.92. The molecule has 4 atom stereocenters. The van der Waals surface area contributed by atoms with Crippen molar-refractivity contribution >= 4 is 23.8 Å². The molecule has 42 heavy (non-hydrogen) atoms. The number of benzene rings is 3. The van der Waals surface area contributed by atoms with E-state index in [0.717, 1.165) is 27.2 Å². The van der Waals surface area contributed by atoms with Gasteiger partial charge < -0.3 is 9.84 Å². The van der Waals surface area contributed by atoms with Crippen LogP contribution in [0.3, 0.4) is 0 Å². The number of carbonyl (C=O) groups is 4. The third-order valence-electron chi connectivity index (χ3n) is 7.44. The average Bonchev–Trinajstić information content (AvgIpc) is 3.42. The van der Waals surface area contributed by atoms with Crippen molar-refractivity contribution in [1.29, 1.82) is 0 Å². The van der Waals surface area contributed by atoms with Gasteiger partial charge in [-0.3, -0.25) is 24.6 Å². The number of hydrogen-bond donors (Lipinski definition) is 2. The summed E-state index contributed by atoms with van der Waals surface area (Å²) >= 11 is 0. The number of ether oxygens (including phenoxy) is 1. The van der Waals surface area contributed by atoms with Crippen LogP contribution in [0, 0.1) is 17.7 Å². The molecule has 3 aromatic rings. The maximum atomic E-state index is 13.3. The van der Waals surface area contributed by atoms with Crippen LogP contribution in [0.25, 0.3) is 11.1 Å². The molecule has 0 saturated carbocycles. The smallest absolute Gasteiger partial charge is 0.475 e. The van der Waals surface area contributed by atoms with Crippen molar-refractivity contribution in [2.75, 3.05) is 14.2 Å². The summed E-state index contributed by atoms with van der Waals surface area (Å²) in [6.07, 6.45) is -4.88. The number of imide groups is 1. The van der Waals surface area contributed by atoms with E-state index in [2.05, 4.69) is 5.32 Å². The monoisotopic (exact) mass is 586 g/mol. The topological polar surface area (TPSA) is 113 Å². The average molecular weight is 587 g/mol. The van der Waals surface area contributed by atoms with Gasteiger partial charge in [-0.1, -0.05) is 66.7 Å². The van der Waals surface area contributed by atoms with Crippen molar-refractivity contribution in [2.45, 2.75) is 24.2 Å². The number of carboxylic acid groups (broad SMARTS) is 1. The SMILES string of the molecule is COC(=O)[C@]1(Cc2ccccc2)N[C@H](c2ccc(-c3ccc(F)cc3)cc2)[C@@H]2C(=O)N(C)C(=O)[C@@H]21.O=C(O)C(F)(F)F. The minimum atomic E-state index is -5.08. The Labute approximate surface area is 237 Å². The van der Waals surface area contributed by atoms with Crippen LogP contribution in [0.4, 0.5) is 17.6 Å². The van der Waals surface area contributed by atoms with Gasteiger partial charge in [-0.05, 0) is 34.4 Å². The molecule has 8 nitrogen and oxygen atoms in total. The Morgan fingerprint density at radius 3 is 1.95 bits per heavy atom. The van der Waals surface area contributed by atoms with E-state index in [4.69, 9.17) is 14.6 Å². The fraction of sp³-hybridized carbons (Fsp3) is 0.267. The molecule has 2 aliphatic heterocycles. The molecule has 2 saturated heterocycles. The number of rotatable bonds is 5. The number of likely N-dealkylation sites (tertiary alicyclic amines) is 1. The summed E-state index contributed by atoms with van der Waals surface area (Å²) < 4.78 is 50.2. The summed E-state index contributed by atoms with van der Waals surface area (Å²) in [4.78, 5) is 49.8. The summed E-state index contributed by atoms with van der Waals surface area (Å²) in [6.45, 7) is 0. The molecule has 5 rings (SSSR count). The lowest BCUT2D eigenvalue weighted by Gasteiger charge is -2.32. The van der Waals surface area contributed by atoms with Crippen molar-refractivity contribution < 1.29 is 46.6 Å². The van der Waals surface area contributed by atoms with Crippen molar-refractivity contribution in [1.82, 2.24) is 10.2 Å². The first kappa shape index (κ1) is 30.4. The van der Waals surface area contributed by atoms with Crippen molar-refractivity contribution in [3.8, 4) is 11.1 Å². The van der Waals surface area contributed by atoms with Crippen LogP contribution in [0.2, 0.25) is 0 Å². The first-order valence-corrected chi connectivity index (χ1v) is 12.7. The number of amides is 2. The zero-order chi connectivity index (χ0) is 30.8. The molecule has 12 heteroatoms. The lowest BCUT2D eigenvalue weighted by Crippen LogP contribution is -2.57. The quantitative estimate of drug-likeness (QED) is 0.262. The number of carbonyl (C=O) groups excluding carboxylic acids is 3. The number of aliphatic carboxylic acids is 1. The highest BCUT2D eigenvalue weighted by Gasteiger charge is 2.68. The van der Waals surface area contributed by atoms with E-state index >= 15 is 0 Å². The van der Waals surface area contributed by atoms with E-state index in [1.54, 1.807) is 12.1 Å². The minimum absolute atomic E-state index is 0.207. The fourth-order valence-electron chi connectivity index (χ4n) is 5.48. The molecule has 0 spiro atoms. The number of hydrogen-bond acceptors (Lipinski definition) is 6. The molecule has 2 aliphatic rings. The molecule has 3 aromatic carbocycles. The van der Waals surface area contributed by atoms with E-state index in [0.29, 0.717) is 0 Å². The molecule has 0 radical (unpaired) electrons. The molecule has 0 aromatic heterocycles. The predicted octanol–water partition coefficient (Wildman–Crippen LogP) is 4.16. The molecule has 2 heterocycles. The van der Waals surface area contributed by atoms with Crippen LogP contribution in [0.1, 0.15) is 17.2 Å². The van der Waals surface area contributed by atoms with Crippen LogP contribution in [0.15, 0.2) is 78.9 Å². The highest BCUT2D eigenvalue weighted by molar-refractivity contribution is 6.09. The number of nitrogens with zero attached hydrogens (tertiary/aromatic N) is 1. The molecular weight excluding hydrogens is 560 g/mol. The Balaban J connectivity index is 0.000000517. The maximum absolute atomic E-state index is 13.3. The zero-order valence-corrected chi connectivity index (χ0v) is 22.4. The molecule has 2 amide bonds. The van der Waals surface area contributed by atoms with Crippen LogP contribution in [-0.4, -0.2) is 59.6 Å². The molecule has 2 fully saturated rings. The Morgan fingerprint density at radius 2 is 1.45 bits per heavy atom. The second kappa shape index (κ2) is 11.7. The van der Waals surface area contributed by atoms with E-state index in [-0.39, 0.29) is 24.1 Å². The van der Waals surface area contributed by atoms with Gasteiger partial charge in [0.2, 0.25) is 11.8 Å². The molecule has 0 aliphatic carbocycles. The Morgan fingerprint density at radius 1 is 0.929 bits per heavy atom. The molecular formula is C30H26F4N2O6. The number of methoxy groups -OCH3 is 1. The molecule has 220 valence electrons. The summed E-state index contributed by atoms with van der Waals surface area (Å²) in [5.41, 5.74) is 1.98. The highest BCUT2D eigenvalue weighted by Crippen LogP contribution is 2.50. The maximum Gasteiger partial charge on any atom is 0.490 e. The summed E-state index contributed by atoms with van der Waals surface area (Å²) in [5, 5.41) is 10.5. The van der Waals surface area contributed by atoms with Gasteiger partial charge in [0.05, 0.1) is 18.9 Å². The van der Waals surface area contributed by atoms with Gasteiger partial charge in [-0.25, -0.2) is 9.18 Å². The third kappa shape index (κ3) is 5.75. The first-order valence-electron chi connectivity index (χ1n) is 12.7. The molecule has 2 N–H and O–H groups in total. The van der Waals surface area contributed by atoms with Crippen LogP contribution >= 0.6 is 0 Å². The summed E-state index contributed by atoms with van der Waals surface area (Å²) in [6, 6.07) is 22.5. The van der Waals surface area contributed by atoms with Gasteiger partial charge in [0.15, 0.2) is 0 Å². The van der Waals surface area contributed by atoms with Crippen molar-refractivity contribution in [3.05, 3.63) is 95.8 Å². The largest absolute Gasteiger partial charge is 0.490 e. The number of carboxylic acids is 1. The van der Waals surface area contributed by atoms with E-state index in [1.165, 1.54) is 26.3 Å². The minimum Gasteiger partial charge on any atom is -0.475 e. The van der Waals surface area contributed by atoms with Gasteiger partial charge in [-0.15, -0.1) is 0 Å². The first-order chi connectivity index (χ1) is 19.8. The van der Waals surface area contributed by atoms with Gasteiger partial charge >= 0.3 is 18.1 Å².